The standard InChI is InChI=1S/C13H18ClN3O2/c1-17(2)13(4-3-5-13)8-15-11-7-9(12(18)19)6-10(14)16-11/h6-7H,3-5,8H2,1-2H3,(H,15,16)(H,18,19). The van der Waals surface area contributed by atoms with Crippen molar-refractivity contribution in [2.75, 3.05) is 26.0 Å². The Morgan fingerprint density at radius 2 is 2.21 bits per heavy atom. The normalized spacial score (nSPS) is 17.1. The Morgan fingerprint density at radius 1 is 1.53 bits per heavy atom. The number of halogens is 1. The van der Waals surface area contributed by atoms with Gasteiger partial charge < -0.3 is 15.3 Å². The van der Waals surface area contributed by atoms with Gasteiger partial charge in [0.25, 0.3) is 0 Å². The number of rotatable bonds is 5. The van der Waals surface area contributed by atoms with E-state index in [1.807, 2.05) is 0 Å². The number of carboxylic acids is 1. The van der Waals surface area contributed by atoms with E-state index in [1.165, 1.54) is 18.6 Å². The maximum absolute atomic E-state index is 11.0. The predicted molar refractivity (Wildman–Crippen MR) is 75.0 cm³/mol. The van der Waals surface area contributed by atoms with Crippen molar-refractivity contribution < 1.29 is 9.90 Å². The molecule has 0 amide bonds. The van der Waals surface area contributed by atoms with E-state index in [4.69, 9.17) is 16.7 Å². The third-order valence-electron chi connectivity index (χ3n) is 3.87. The first-order chi connectivity index (χ1) is 8.93. The maximum Gasteiger partial charge on any atom is 0.335 e. The van der Waals surface area contributed by atoms with Gasteiger partial charge in [-0.25, -0.2) is 9.78 Å². The van der Waals surface area contributed by atoms with E-state index in [1.54, 1.807) is 0 Å². The number of carboxylic acid groups (broad SMARTS) is 1. The van der Waals surface area contributed by atoms with Crippen LogP contribution >= 0.6 is 11.6 Å². The van der Waals surface area contributed by atoms with Crippen molar-refractivity contribution in [2.45, 2.75) is 24.8 Å². The van der Waals surface area contributed by atoms with E-state index in [9.17, 15) is 4.79 Å². The summed E-state index contributed by atoms with van der Waals surface area (Å²) in [6.45, 7) is 0.742. The molecule has 1 fully saturated rings. The fourth-order valence-corrected chi connectivity index (χ4v) is 2.54. The van der Waals surface area contributed by atoms with E-state index in [0.29, 0.717) is 5.82 Å². The van der Waals surface area contributed by atoms with Gasteiger partial charge in [0, 0.05) is 12.1 Å². The Morgan fingerprint density at radius 3 is 2.68 bits per heavy atom. The first-order valence-corrected chi connectivity index (χ1v) is 6.63. The smallest absolute Gasteiger partial charge is 0.335 e. The van der Waals surface area contributed by atoms with Gasteiger partial charge in [-0.2, -0.15) is 0 Å². The largest absolute Gasteiger partial charge is 0.478 e. The van der Waals surface area contributed by atoms with Crippen LogP contribution in [-0.4, -0.2) is 47.1 Å². The second-order valence-corrected chi connectivity index (χ2v) is 5.58. The van der Waals surface area contributed by atoms with E-state index in [0.717, 1.165) is 19.4 Å². The summed E-state index contributed by atoms with van der Waals surface area (Å²) in [5.41, 5.74) is 0.294. The van der Waals surface area contributed by atoms with Gasteiger partial charge in [-0.15, -0.1) is 0 Å². The SMILES string of the molecule is CN(C)C1(CNc2cc(C(=O)O)cc(Cl)n2)CCC1. The zero-order valence-electron chi connectivity index (χ0n) is 11.1. The van der Waals surface area contributed by atoms with Crippen LogP contribution in [0.2, 0.25) is 5.15 Å². The minimum atomic E-state index is -1.00. The first kappa shape index (κ1) is 14.1. The molecule has 6 heteroatoms. The van der Waals surface area contributed by atoms with Crippen LogP contribution in [0.5, 0.6) is 0 Å². The molecule has 2 N–H and O–H groups in total. The molecular weight excluding hydrogens is 266 g/mol. The maximum atomic E-state index is 11.0. The van der Waals surface area contributed by atoms with Gasteiger partial charge in [0.1, 0.15) is 11.0 Å². The summed E-state index contributed by atoms with van der Waals surface area (Å²) in [4.78, 5) is 17.3. The van der Waals surface area contributed by atoms with Gasteiger partial charge in [0.15, 0.2) is 0 Å². The van der Waals surface area contributed by atoms with Crippen molar-refractivity contribution in [3.8, 4) is 0 Å². The highest BCUT2D eigenvalue weighted by Gasteiger charge is 2.38. The van der Waals surface area contributed by atoms with Crippen molar-refractivity contribution in [1.82, 2.24) is 9.88 Å². The highest BCUT2D eigenvalue weighted by atomic mass is 35.5. The number of anilines is 1. The first-order valence-electron chi connectivity index (χ1n) is 6.25. The van der Waals surface area contributed by atoms with Crippen LogP contribution in [0.4, 0.5) is 5.82 Å². The molecule has 0 atom stereocenters. The number of carbonyl (C=O) groups is 1. The number of nitrogens with zero attached hydrogens (tertiary/aromatic N) is 2. The highest BCUT2D eigenvalue weighted by molar-refractivity contribution is 6.29. The quantitative estimate of drug-likeness (QED) is 0.812. The Balaban J connectivity index is 2.09. The molecule has 0 saturated heterocycles. The number of aromatic carboxylic acids is 1. The van der Waals surface area contributed by atoms with Crippen molar-refractivity contribution >= 4 is 23.4 Å². The zero-order chi connectivity index (χ0) is 14.0. The molecule has 19 heavy (non-hydrogen) atoms. The molecule has 5 nitrogen and oxygen atoms in total. The summed E-state index contributed by atoms with van der Waals surface area (Å²) in [5, 5.41) is 12.4. The number of likely N-dealkylation sites (N-methyl/N-ethyl adjacent to an activating group) is 1. The predicted octanol–water partition coefficient (Wildman–Crippen LogP) is 2.33. The third kappa shape index (κ3) is 2.98. The van der Waals surface area contributed by atoms with Gasteiger partial charge in [-0.1, -0.05) is 11.6 Å². The van der Waals surface area contributed by atoms with E-state index < -0.39 is 5.97 Å². The van der Waals surface area contributed by atoms with E-state index in [2.05, 4.69) is 29.3 Å². The molecular formula is C13H18ClN3O2. The summed E-state index contributed by atoms with van der Waals surface area (Å²) in [6, 6.07) is 2.86. The highest BCUT2D eigenvalue weighted by Crippen LogP contribution is 2.36. The van der Waals surface area contributed by atoms with Crippen molar-refractivity contribution in [3.63, 3.8) is 0 Å². The fraction of sp³-hybridized carbons (Fsp3) is 0.538. The number of pyridine rings is 1. The Labute approximate surface area is 117 Å². The van der Waals surface area contributed by atoms with Crippen molar-refractivity contribution in [3.05, 3.63) is 22.8 Å². The van der Waals surface area contributed by atoms with Gasteiger partial charge in [-0.3, -0.25) is 0 Å². The van der Waals surface area contributed by atoms with Crippen LogP contribution in [0.25, 0.3) is 0 Å². The molecule has 1 saturated carbocycles. The fourth-order valence-electron chi connectivity index (χ4n) is 2.33. The van der Waals surface area contributed by atoms with Crippen LogP contribution in [0.1, 0.15) is 29.6 Å². The third-order valence-corrected chi connectivity index (χ3v) is 4.07. The summed E-state index contributed by atoms with van der Waals surface area (Å²) in [7, 11) is 4.13. The Kier molecular flexibility index (Phi) is 3.96. The number of hydrogen-bond acceptors (Lipinski definition) is 4. The lowest BCUT2D eigenvalue weighted by atomic mass is 9.75. The molecule has 2 rings (SSSR count). The monoisotopic (exact) mass is 283 g/mol. The number of hydrogen-bond donors (Lipinski definition) is 2. The topological polar surface area (TPSA) is 65.5 Å². The molecule has 1 aliphatic carbocycles. The van der Waals surface area contributed by atoms with Crippen molar-refractivity contribution in [2.24, 2.45) is 0 Å². The Hall–Kier alpha value is -1.33. The summed E-state index contributed by atoms with van der Waals surface area (Å²) in [6.07, 6.45) is 3.50. The number of aromatic nitrogens is 1. The summed E-state index contributed by atoms with van der Waals surface area (Å²) in [5.74, 6) is -0.489. The molecule has 0 radical (unpaired) electrons. The van der Waals surface area contributed by atoms with Gasteiger partial charge in [0.05, 0.1) is 5.56 Å². The van der Waals surface area contributed by atoms with Gasteiger partial charge >= 0.3 is 5.97 Å². The lowest BCUT2D eigenvalue weighted by Gasteiger charge is -2.47. The molecule has 0 bridgehead atoms. The molecule has 1 aliphatic rings. The lowest BCUT2D eigenvalue weighted by Crippen LogP contribution is -2.54. The van der Waals surface area contributed by atoms with Crippen LogP contribution in [0.15, 0.2) is 12.1 Å². The molecule has 0 aliphatic heterocycles. The van der Waals surface area contributed by atoms with Crippen LogP contribution in [0, 0.1) is 0 Å². The minimum absolute atomic E-state index is 0.146. The Bertz CT molecular complexity index is 487. The molecule has 0 aromatic carbocycles. The number of nitrogens with one attached hydrogen (secondary N) is 1. The molecule has 0 spiro atoms. The van der Waals surface area contributed by atoms with E-state index >= 15 is 0 Å². The van der Waals surface area contributed by atoms with Crippen molar-refractivity contribution in [1.29, 1.82) is 0 Å². The van der Waals surface area contributed by atoms with Gasteiger partial charge in [0.2, 0.25) is 0 Å². The summed E-state index contributed by atoms with van der Waals surface area (Å²) >= 11 is 5.83. The molecule has 1 aromatic heterocycles. The molecule has 1 aromatic rings. The van der Waals surface area contributed by atoms with E-state index in [-0.39, 0.29) is 16.3 Å². The van der Waals surface area contributed by atoms with Gasteiger partial charge in [-0.05, 0) is 45.5 Å². The second kappa shape index (κ2) is 5.35. The molecule has 1 heterocycles. The summed E-state index contributed by atoms with van der Waals surface area (Å²) < 4.78 is 0. The molecule has 0 unspecified atom stereocenters. The van der Waals surface area contributed by atoms with Crippen LogP contribution < -0.4 is 5.32 Å². The van der Waals surface area contributed by atoms with Crippen LogP contribution in [-0.2, 0) is 0 Å². The average molecular weight is 284 g/mol. The minimum Gasteiger partial charge on any atom is -0.478 e. The lowest BCUT2D eigenvalue weighted by molar-refractivity contribution is 0.0696. The van der Waals surface area contributed by atoms with Crippen LogP contribution in [0.3, 0.4) is 0 Å². The second-order valence-electron chi connectivity index (χ2n) is 5.19. The molecule has 104 valence electrons. The average Bonchev–Trinajstić information content (AvgIpc) is 2.26. The zero-order valence-corrected chi connectivity index (χ0v) is 11.9.